The summed E-state index contributed by atoms with van der Waals surface area (Å²) in [5, 5.41) is 3.31. The van der Waals surface area contributed by atoms with Gasteiger partial charge in [-0.1, -0.05) is 80.6 Å². The van der Waals surface area contributed by atoms with E-state index in [0.29, 0.717) is 18.7 Å². The Kier molecular flexibility index (Phi) is 7.84. The van der Waals surface area contributed by atoms with Crippen molar-refractivity contribution in [3.8, 4) is 0 Å². The fourth-order valence-corrected chi connectivity index (χ4v) is 5.18. The summed E-state index contributed by atoms with van der Waals surface area (Å²) >= 11 is 0. The van der Waals surface area contributed by atoms with Crippen molar-refractivity contribution < 1.29 is 18.0 Å². The minimum Gasteiger partial charge on any atom is -0.342 e. The summed E-state index contributed by atoms with van der Waals surface area (Å²) in [7, 11) is 0. The lowest BCUT2D eigenvalue weighted by Gasteiger charge is -2.41. The highest BCUT2D eigenvalue weighted by Crippen LogP contribution is 2.37. The number of nitrogens with zero attached hydrogens (tertiary/aromatic N) is 1. The molecule has 1 amide bonds. The Labute approximate surface area is 211 Å². The van der Waals surface area contributed by atoms with Crippen molar-refractivity contribution in [2.45, 2.75) is 50.7 Å². The van der Waals surface area contributed by atoms with Gasteiger partial charge in [-0.15, -0.1) is 0 Å². The van der Waals surface area contributed by atoms with Gasteiger partial charge in [-0.2, -0.15) is 13.2 Å². The largest absolute Gasteiger partial charge is 0.416 e. The average Bonchev–Trinajstić information content (AvgIpc) is 2.89. The number of halogens is 3. The van der Waals surface area contributed by atoms with Crippen LogP contribution in [0.3, 0.4) is 0 Å². The smallest absolute Gasteiger partial charge is 0.342 e. The zero-order valence-electron chi connectivity index (χ0n) is 20.8. The number of hydrogen-bond donors (Lipinski definition) is 1. The molecule has 1 N–H and O–H groups in total. The number of amides is 1. The molecular weight excluding hydrogens is 461 g/mol. The SMILES string of the molecule is CCc1ccccc1C1(C)CCN(C(=O)CNC(c2ccccc2)c2ccc(C(F)(F)F)cc2)CC1. The molecule has 0 radical (unpaired) electrons. The lowest BCUT2D eigenvalue weighted by molar-refractivity contribution is -0.137. The van der Waals surface area contributed by atoms with Crippen LogP contribution in [0, 0.1) is 0 Å². The molecule has 0 saturated carbocycles. The van der Waals surface area contributed by atoms with Crippen LogP contribution in [0.15, 0.2) is 78.9 Å². The summed E-state index contributed by atoms with van der Waals surface area (Å²) < 4.78 is 39.1. The Hall–Kier alpha value is -3.12. The Morgan fingerprint density at radius 3 is 2.11 bits per heavy atom. The van der Waals surface area contributed by atoms with Crippen molar-refractivity contribution in [3.63, 3.8) is 0 Å². The maximum Gasteiger partial charge on any atom is 0.416 e. The summed E-state index contributed by atoms with van der Waals surface area (Å²) in [5.74, 6) is 0.00803. The molecule has 6 heteroatoms. The van der Waals surface area contributed by atoms with Crippen LogP contribution in [0.4, 0.5) is 13.2 Å². The minimum absolute atomic E-state index is 0.00803. The summed E-state index contributed by atoms with van der Waals surface area (Å²) in [4.78, 5) is 15.0. The predicted octanol–water partition coefficient (Wildman–Crippen LogP) is 6.53. The van der Waals surface area contributed by atoms with E-state index >= 15 is 0 Å². The summed E-state index contributed by atoms with van der Waals surface area (Å²) in [6.07, 6.45) is -1.60. The normalized spacial score (nSPS) is 16.5. The number of hydrogen-bond acceptors (Lipinski definition) is 2. The van der Waals surface area contributed by atoms with E-state index in [9.17, 15) is 18.0 Å². The fourth-order valence-electron chi connectivity index (χ4n) is 5.18. The molecule has 1 heterocycles. The Morgan fingerprint density at radius 1 is 0.917 bits per heavy atom. The zero-order chi connectivity index (χ0) is 25.8. The topological polar surface area (TPSA) is 32.3 Å². The summed E-state index contributed by atoms with van der Waals surface area (Å²) in [5.41, 5.74) is 3.68. The van der Waals surface area contributed by atoms with E-state index in [2.05, 4.69) is 43.4 Å². The highest BCUT2D eigenvalue weighted by Gasteiger charge is 2.34. The third-order valence-electron chi connectivity index (χ3n) is 7.43. The van der Waals surface area contributed by atoms with Crippen LogP contribution in [-0.4, -0.2) is 30.4 Å². The molecule has 4 rings (SSSR count). The van der Waals surface area contributed by atoms with Crippen LogP contribution in [0.25, 0.3) is 0 Å². The number of rotatable bonds is 7. The quantitative estimate of drug-likeness (QED) is 0.405. The van der Waals surface area contributed by atoms with Crippen LogP contribution in [-0.2, 0) is 22.8 Å². The van der Waals surface area contributed by atoms with Crippen molar-refractivity contribution in [2.24, 2.45) is 0 Å². The molecule has 3 aromatic rings. The van der Waals surface area contributed by atoms with Gasteiger partial charge in [0, 0.05) is 13.1 Å². The predicted molar refractivity (Wildman–Crippen MR) is 137 cm³/mol. The first-order chi connectivity index (χ1) is 17.2. The molecule has 3 aromatic carbocycles. The maximum absolute atomic E-state index is 13.1. The number of piperidine rings is 1. The molecule has 0 aromatic heterocycles. The van der Waals surface area contributed by atoms with Crippen LogP contribution >= 0.6 is 0 Å². The van der Waals surface area contributed by atoms with E-state index in [1.165, 1.54) is 23.3 Å². The van der Waals surface area contributed by atoms with E-state index in [-0.39, 0.29) is 23.9 Å². The van der Waals surface area contributed by atoms with E-state index in [0.717, 1.165) is 37.0 Å². The number of likely N-dealkylation sites (tertiary alicyclic amines) is 1. The van der Waals surface area contributed by atoms with Crippen molar-refractivity contribution in [3.05, 3.63) is 107 Å². The highest BCUT2D eigenvalue weighted by molar-refractivity contribution is 5.78. The highest BCUT2D eigenvalue weighted by atomic mass is 19.4. The number of carbonyl (C=O) groups is 1. The third kappa shape index (κ3) is 5.81. The van der Waals surface area contributed by atoms with E-state index < -0.39 is 11.7 Å². The number of nitrogens with one attached hydrogen (secondary N) is 1. The van der Waals surface area contributed by atoms with Crippen molar-refractivity contribution >= 4 is 5.91 Å². The molecule has 1 saturated heterocycles. The molecule has 1 aliphatic heterocycles. The second-order valence-electron chi connectivity index (χ2n) is 9.80. The van der Waals surface area contributed by atoms with Gasteiger partial charge >= 0.3 is 6.18 Å². The molecule has 0 aliphatic carbocycles. The van der Waals surface area contributed by atoms with Gasteiger partial charge in [0.05, 0.1) is 18.2 Å². The number of carbonyl (C=O) groups excluding carboxylic acids is 1. The second kappa shape index (κ2) is 10.9. The first kappa shape index (κ1) is 26.0. The monoisotopic (exact) mass is 494 g/mol. The number of benzene rings is 3. The fraction of sp³-hybridized carbons (Fsp3) is 0.367. The van der Waals surface area contributed by atoms with Crippen LogP contribution in [0.1, 0.15) is 60.5 Å². The van der Waals surface area contributed by atoms with E-state index in [1.807, 2.05) is 35.2 Å². The number of aryl methyl sites for hydroxylation is 1. The lowest BCUT2D eigenvalue weighted by atomic mass is 9.72. The second-order valence-corrected chi connectivity index (χ2v) is 9.80. The van der Waals surface area contributed by atoms with E-state index in [4.69, 9.17) is 0 Å². The molecule has 1 aliphatic rings. The van der Waals surface area contributed by atoms with Gasteiger partial charge in [0.25, 0.3) is 0 Å². The van der Waals surface area contributed by atoms with E-state index in [1.54, 1.807) is 0 Å². The van der Waals surface area contributed by atoms with Gasteiger partial charge in [-0.05, 0) is 59.1 Å². The van der Waals surface area contributed by atoms with Gasteiger partial charge in [0.15, 0.2) is 0 Å². The molecule has 1 fully saturated rings. The van der Waals surface area contributed by atoms with Gasteiger partial charge in [-0.25, -0.2) is 0 Å². The first-order valence-corrected chi connectivity index (χ1v) is 12.5. The first-order valence-electron chi connectivity index (χ1n) is 12.5. The number of alkyl halides is 3. The van der Waals surface area contributed by atoms with Gasteiger partial charge in [-0.3, -0.25) is 10.1 Å². The van der Waals surface area contributed by atoms with Crippen LogP contribution in [0.2, 0.25) is 0 Å². The minimum atomic E-state index is -4.38. The van der Waals surface area contributed by atoms with Crippen molar-refractivity contribution in [1.82, 2.24) is 10.2 Å². The summed E-state index contributed by atoms with van der Waals surface area (Å²) in [6.45, 7) is 5.95. The lowest BCUT2D eigenvalue weighted by Crippen LogP contribution is -2.47. The molecule has 36 heavy (non-hydrogen) atoms. The standard InChI is InChI=1S/C30H33F3N2O/c1-3-22-9-7-8-12-26(22)29(2)17-19-35(20-18-29)27(36)21-34-28(23-10-5-4-6-11-23)24-13-15-25(16-14-24)30(31,32)33/h4-16,28,34H,3,17-21H2,1-2H3. The Balaban J connectivity index is 1.43. The van der Waals surface area contributed by atoms with Crippen LogP contribution in [0.5, 0.6) is 0 Å². The van der Waals surface area contributed by atoms with Gasteiger partial charge in [0.2, 0.25) is 5.91 Å². The molecule has 1 unspecified atom stereocenters. The molecular formula is C30H33F3N2O. The van der Waals surface area contributed by atoms with Crippen LogP contribution < -0.4 is 5.32 Å². The Bertz CT molecular complexity index is 1150. The molecule has 3 nitrogen and oxygen atoms in total. The average molecular weight is 495 g/mol. The van der Waals surface area contributed by atoms with Gasteiger partial charge < -0.3 is 4.90 Å². The third-order valence-corrected chi connectivity index (χ3v) is 7.43. The molecule has 0 spiro atoms. The van der Waals surface area contributed by atoms with Crippen molar-refractivity contribution in [1.29, 1.82) is 0 Å². The Morgan fingerprint density at radius 2 is 1.50 bits per heavy atom. The van der Waals surface area contributed by atoms with Gasteiger partial charge in [0.1, 0.15) is 0 Å². The van der Waals surface area contributed by atoms with Crippen molar-refractivity contribution in [2.75, 3.05) is 19.6 Å². The summed E-state index contributed by atoms with van der Waals surface area (Å²) in [6, 6.07) is 22.8. The zero-order valence-corrected chi connectivity index (χ0v) is 20.8. The molecule has 1 atom stereocenters. The molecule has 0 bridgehead atoms. The maximum atomic E-state index is 13.1. The molecule has 190 valence electrons.